The maximum absolute atomic E-state index is 13.1. The zero-order chi connectivity index (χ0) is 23.8. The molecule has 33 heavy (non-hydrogen) atoms. The number of hydrogen-bond acceptors (Lipinski definition) is 4. The molecule has 1 aliphatic rings. The lowest BCUT2D eigenvalue weighted by Crippen LogP contribution is -2.36. The van der Waals surface area contributed by atoms with Crippen LogP contribution in [0.2, 0.25) is 0 Å². The van der Waals surface area contributed by atoms with Crippen molar-refractivity contribution in [2.45, 2.75) is 51.3 Å². The first-order chi connectivity index (χ1) is 15.8. The second-order valence-corrected chi connectivity index (χ2v) is 10.5. The predicted octanol–water partition coefficient (Wildman–Crippen LogP) is 3.82. The fourth-order valence-electron chi connectivity index (χ4n) is 4.78. The minimum atomic E-state index is -3.55. The number of imidazole rings is 1. The van der Waals surface area contributed by atoms with E-state index in [0.29, 0.717) is 31.4 Å². The van der Waals surface area contributed by atoms with Crippen molar-refractivity contribution in [3.63, 3.8) is 0 Å². The summed E-state index contributed by atoms with van der Waals surface area (Å²) in [5.74, 6) is 0.875. The van der Waals surface area contributed by atoms with Gasteiger partial charge in [0.15, 0.2) is 0 Å². The largest absolute Gasteiger partial charge is 0.331 e. The van der Waals surface area contributed by atoms with Crippen LogP contribution in [-0.4, -0.2) is 47.8 Å². The second kappa shape index (κ2) is 9.27. The zero-order valence-corrected chi connectivity index (χ0v) is 20.7. The summed E-state index contributed by atoms with van der Waals surface area (Å²) in [6, 6.07) is 11.3. The molecule has 8 heteroatoms. The van der Waals surface area contributed by atoms with Gasteiger partial charge in [-0.1, -0.05) is 32.0 Å². The first kappa shape index (κ1) is 23.4. The number of aryl methyl sites for hydroxylation is 4. The molecule has 3 aromatic rings. The van der Waals surface area contributed by atoms with Gasteiger partial charge in [0.2, 0.25) is 15.9 Å². The smallest absolute Gasteiger partial charge is 0.243 e. The highest BCUT2D eigenvalue weighted by Crippen LogP contribution is 2.31. The summed E-state index contributed by atoms with van der Waals surface area (Å²) in [7, 11) is -1.63. The van der Waals surface area contributed by atoms with Crippen LogP contribution >= 0.6 is 0 Å². The summed E-state index contributed by atoms with van der Waals surface area (Å²) in [4.78, 5) is 20.0. The molecule has 0 unspecified atom stereocenters. The first-order valence-electron chi connectivity index (χ1n) is 11.6. The number of para-hydroxylation sites is 1. The Morgan fingerprint density at radius 2 is 1.91 bits per heavy atom. The molecule has 0 aliphatic carbocycles. The van der Waals surface area contributed by atoms with Crippen molar-refractivity contribution < 1.29 is 13.2 Å². The lowest BCUT2D eigenvalue weighted by Gasteiger charge is -2.31. The van der Waals surface area contributed by atoms with Gasteiger partial charge in [-0.3, -0.25) is 4.79 Å². The van der Waals surface area contributed by atoms with E-state index < -0.39 is 10.0 Å². The molecular weight excluding hydrogens is 436 g/mol. The second-order valence-electron chi connectivity index (χ2n) is 8.56. The summed E-state index contributed by atoms with van der Waals surface area (Å²) in [6.45, 7) is 7.30. The van der Waals surface area contributed by atoms with E-state index in [2.05, 4.69) is 30.1 Å². The van der Waals surface area contributed by atoms with Crippen LogP contribution in [0.15, 0.2) is 41.3 Å². The Labute approximate surface area is 196 Å². The molecule has 0 radical (unpaired) electrons. The van der Waals surface area contributed by atoms with Crippen LogP contribution in [0.25, 0.3) is 11.0 Å². The minimum absolute atomic E-state index is 0.0992. The molecule has 0 fully saturated rings. The van der Waals surface area contributed by atoms with Crippen molar-refractivity contribution in [2.24, 2.45) is 7.05 Å². The summed E-state index contributed by atoms with van der Waals surface area (Å²) in [6.07, 6.45) is 2.83. The van der Waals surface area contributed by atoms with Gasteiger partial charge in [-0.2, -0.15) is 4.31 Å². The molecule has 0 N–H and O–H groups in total. The van der Waals surface area contributed by atoms with Gasteiger partial charge in [-0.05, 0) is 49.1 Å². The van der Waals surface area contributed by atoms with Crippen molar-refractivity contribution in [1.82, 2.24) is 13.9 Å². The predicted molar refractivity (Wildman–Crippen MR) is 131 cm³/mol. The van der Waals surface area contributed by atoms with Gasteiger partial charge in [-0.15, -0.1) is 0 Å². The van der Waals surface area contributed by atoms with Crippen LogP contribution in [0.4, 0.5) is 5.69 Å². The number of amides is 1. The summed E-state index contributed by atoms with van der Waals surface area (Å²) < 4.78 is 29.2. The number of carbonyl (C=O) groups excluding carboxylic acids is 1. The molecular formula is C25H32N4O3S. The van der Waals surface area contributed by atoms with Gasteiger partial charge in [0.1, 0.15) is 5.82 Å². The number of fused-ring (bicyclic) bond motifs is 2. The number of carbonyl (C=O) groups is 1. The maximum Gasteiger partial charge on any atom is 0.243 e. The summed E-state index contributed by atoms with van der Waals surface area (Å²) in [5, 5.41) is 0. The quantitative estimate of drug-likeness (QED) is 0.528. The molecule has 1 amide bonds. The van der Waals surface area contributed by atoms with E-state index in [0.717, 1.165) is 42.0 Å². The van der Waals surface area contributed by atoms with Crippen LogP contribution in [0.1, 0.15) is 43.6 Å². The molecule has 0 bridgehead atoms. The third kappa shape index (κ3) is 4.29. The maximum atomic E-state index is 13.1. The SMILES string of the molecule is CCN(CC)S(=O)(=O)c1ccc2c(c1)nc(CCC(=O)N1CCCc3cccc(C)c31)n2C. The minimum Gasteiger partial charge on any atom is -0.331 e. The highest BCUT2D eigenvalue weighted by Gasteiger charge is 2.25. The number of nitrogens with zero attached hydrogens (tertiary/aromatic N) is 4. The molecule has 0 spiro atoms. The van der Waals surface area contributed by atoms with Crippen LogP contribution in [0.5, 0.6) is 0 Å². The van der Waals surface area contributed by atoms with Crippen LogP contribution in [0, 0.1) is 6.92 Å². The highest BCUT2D eigenvalue weighted by atomic mass is 32.2. The number of aromatic nitrogens is 2. The number of rotatable bonds is 7. The Balaban J connectivity index is 1.56. The number of sulfonamides is 1. The van der Waals surface area contributed by atoms with Gasteiger partial charge in [-0.25, -0.2) is 13.4 Å². The molecule has 2 aromatic carbocycles. The molecule has 1 aromatic heterocycles. The molecule has 0 saturated carbocycles. The van der Waals surface area contributed by atoms with E-state index in [1.165, 1.54) is 9.87 Å². The number of hydrogen-bond donors (Lipinski definition) is 0. The Morgan fingerprint density at radius 1 is 1.15 bits per heavy atom. The van der Waals surface area contributed by atoms with Gasteiger partial charge in [0.05, 0.1) is 15.9 Å². The Morgan fingerprint density at radius 3 is 2.64 bits per heavy atom. The molecule has 0 atom stereocenters. The topological polar surface area (TPSA) is 75.5 Å². The lowest BCUT2D eigenvalue weighted by atomic mass is 9.98. The fraction of sp³-hybridized carbons (Fsp3) is 0.440. The Kier molecular flexibility index (Phi) is 6.59. The van der Waals surface area contributed by atoms with Gasteiger partial charge >= 0.3 is 0 Å². The van der Waals surface area contributed by atoms with Crippen molar-refractivity contribution in [2.75, 3.05) is 24.5 Å². The summed E-state index contributed by atoms with van der Waals surface area (Å²) in [5.41, 5.74) is 4.91. The van der Waals surface area contributed by atoms with E-state index in [4.69, 9.17) is 0 Å². The Hall–Kier alpha value is -2.71. The van der Waals surface area contributed by atoms with Crippen molar-refractivity contribution in [3.05, 3.63) is 53.3 Å². The van der Waals surface area contributed by atoms with E-state index in [1.807, 2.05) is 30.4 Å². The zero-order valence-electron chi connectivity index (χ0n) is 19.8. The van der Waals surface area contributed by atoms with Crippen LogP contribution < -0.4 is 4.90 Å². The van der Waals surface area contributed by atoms with Crippen molar-refractivity contribution >= 4 is 32.7 Å². The fourth-order valence-corrected chi connectivity index (χ4v) is 6.25. The summed E-state index contributed by atoms with van der Waals surface area (Å²) >= 11 is 0. The Bertz CT molecular complexity index is 1290. The normalized spacial score (nSPS) is 14.2. The average Bonchev–Trinajstić information content (AvgIpc) is 3.12. The molecule has 2 heterocycles. The lowest BCUT2D eigenvalue weighted by molar-refractivity contribution is -0.118. The van der Waals surface area contributed by atoms with Crippen molar-refractivity contribution in [1.29, 1.82) is 0 Å². The number of anilines is 1. The first-order valence-corrected chi connectivity index (χ1v) is 13.1. The van der Waals surface area contributed by atoms with Gasteiger partial charge < -0.3 is 9.47 Å². The average molecular weight is 469 g/mol. The van der Waals surface area contributed by atoms with E-state index in [-0.39, 0.29) is 10.8 Å². The van der Waals surface area contributed by atoms with Gasteiger partial charge in [0.25, 0.3) is 0 Å². The molecule has 0 saturated heterocycles. The van der Waals surface area contributed by atoms with Crippen LogP contribution in [0.3, 0.4) is 0 Å². The van der Waals surface area contributed by atoms with Crippen LogP contribution in [-0.2, 0) is 34.7 Å². The standard InChI is InChI=1S/C25H32N4O3S/c1-5-28(6-2)33(31,32)20-12-13-22-21(17-20)26-23(27(22)4)14-15-24(30)29-16-8-11-19-10-7-9-18(3)25(19)29/h7,9-10,12-13,17H,5-6,8,11,14-16H2,1-4H3. The monoisotopic (exact) mass is 468 g/mol. The molecule has 4 rings (SSSR count). The van der Waals surface area contributed by atoms with Gasteiger partial charge in [0, 0.05) is 45.2 Å². The van der Waals surface area contributed by atoms with E-state index in [1.54, 1.807) is 18.2 Å². The third-order valence-electron chi connectivity index (χ3n) is 6.57. The molecule has 176 valence electrons. The number of benzene rings is 2. The molecule has 1 aliphatic heterocycles. The van der Waals surface area contributed by atoms with Crippen molar-refractivity contribution in [3.8, 4) is 0 Å². The van der Waals surface area contributed by atoms with E-state index in [9.17, 15) is 13.2 Å². The third-order valence-corrected chi connectivity index (χ3v) is 8.62. The highest BCUT2D eigenvalue weighted by molar-refractivity contribution is 7.89. The van der Waals surface area contributed by atoms with E-state index >= 15 is 0 Å². The molecule has 7 nitrogen and oxygen atoms in total.